The molecule has 5 nitrogen and oxygen atoms in total. The minimum atomic E-state index is -0.0390. The number of hydrogen-bond donors (Lipinski definition) is 0. The lowest BCUT2D eigenvalue weighted by Crippen LogP contribution is -2.39. The van der Waals surface area contributed by atoms with E-state index in [1.807, 2.05) is 68.1 Å². The van der Waals surface area contributed by atoms with Crippen molar-refractivity contribution in [1.82, 2.24) is 9.80 Å². The zero-order valence-corrected chi connectivity index (χ0v) is 16.9. The Morgan fingerprint density at radius 3 is 2.25 bits per heavy atom. The molecule has 0 spiro atoms. The lowest BCUT2D eigenvalue weighted by molar-refractivity contribution is -0.133. The minimum absolute atomic E-state index is 0.0222. The topological polar surface area (TPSA) is 49.9 Å². The molecule has 5 heteroatoms. The van der Waals surface area contributed by atoms with Crippen molar-refractivity contribution in [1.29, 1.82) is 0 Å². The highest BCUT2D eigenvalue weighted by atomic mass is 16.5. The molecule has 28 heavy (non-hydrogen) atoms. The molecule has 1 saturated heterocycles. The molecule has 3 rings (SSSR count). The van der Waals surface area contributed by atoms with Crippen molar-refractivity contribution >= 4 is 11.8 Å². The van der Waals surface area contributed by atoms with Gasteiger partial charge in [-0.1, -0.05) is 23.8 Å². The fraction of sp³-hybridized carbons (Fsp3) is 0.391. The van der Waals surface area contributed by atoms with Gasteiger partial charge in [0.2, 0.25) is 0 Å². The van der Waals surface area contributed by atoms with Crippen LogP contribution in [0.25, 0.3) is 0 Å². The second-order valence-corrected chi connectivity index (χ2v) is 7.43. The lowest BCUT2D eigenvalue weighted by Gasteiger charge is -2.22. The van der Waals surface area contributed by atoms with E-state index < -0.39 is 0 Å². The maximum absolute atomic E-state index is 12.7. The highest BCUT2D eigenvalue weighted by Crippen LogP contribution is 2.17. The molecule has 0 radical (unpaired) electrons. The number of nitrogens with zero attached hydrogens (tertiary/aromatic N) is 2. The van der Waals surface area contributed by atoms with Gasteiger partial charge in [0.1, 0.15) is 5.75 Å². The van der Waals surface area contributed by atoms with Gasteiger partial charge in [-0.25, -0.2) is 0 Å². The first-order valence-corrected chi connectivity index (χ1v) is 9.78. The van der Waals surface area contributed by atoms with Gasteiger partial charge in [0, 0.05) is 31.7 Å². The van der Waals surface area contributed by atoms with Gasteiger partial charge in [-0.2, -0.15) is 0 Å². The molecular weight excluding hydrogens is 352 g/mol. The third kappa shape index (κ3) is 4.91. The Balaban J connectivity index is 1.53. The van der Waals surface area contributed by atoms with Crippen LogP contribution in [0.3, 0.4) is 0 Å². The van der Waals surface area contributed by atoms with Gasteiger partial charge < -0.3 is 14.5 Å². The van der Waals surface area contributed by atoms with Crippen LogP contribution in [0.1, 0.15) is 33.5 Å². The molecule has 0 atom stereocenters. The van der Waals surface area contributed by atoms with Crippen molar-refractivity contribution in [2.45, 2.75) is 27.2 Å². The van der Waals surface area contributed by atoms with Crippen LogP contribution in [0.2, 0.25) is 0 Å². The molecule has 2 aromatic carbocycles. The van der Waals surface area contributed by atoms with Gasteiger partial charge in [-0.15, -0.1) is 0 Å². The second kappa shape index (κ2) is 8.91. The molecule has 148 valence electrons. The first-order valence-electron chi connectivity index (χ1n) is 9.78. The maximum atomic E-state index is 12.7. The molecule has 2 amide bonds. The van der Waals surface area contributed by atoms with E-state index in [1.165, 1.54) is 5.56 Å². The SMILES string of the molecule is Cc1ccc(C(=O)N2CCCN(C(=O)COc3ccc(C)c(C)c3)CC2)cc1. The van der Waals surface area contributed by atoms with E-state index in [9.17, 15) is 9.59 Å². The monoisotopic (exact) mass is 380 g/mol. The summed E-state index contributed by atoms with van der Waals surface area (Å²) in [5.74, 6) is 0.700. The van der Waals surface area contributed by atoms with Gasteiger partial charge in [0.05, 0.1) is 0 Å². The molecule has 1 heterocycles. The predicted octanol–water partition coefficient (Wildman–Crippen LogP) is 3.37. The van der Waals surface area contributed by atoms with E-state index in [0.29, 0.717) is 37.5 Å². The van der Waals surface area contributed by atoms with Gasteiger partial charge in [0.15, 0.2) is 6.61 Å². The van der Waals surface area contributed by atoms with Crippen LogP contribution >= 0.6 is 0 Å². The highest BCUT2D eigenvalue weighted by Gasteiger charge is 2.23. The first kappa shape index (κ1) is 19.9. The summed E-state index contributed by atoms with van der Waals surface area (Å²) in [6.07, 6.45) is 0.771. The normalized spacial score (nSPS) is 14.5. The van der Waals surface area contributed by atoms with Crippen molar-refractivity contribution in [2.24, 2.45) is 0 Å². The van der Waals surface area contributed by atoms with Gasteiger partial charge >= 0.3 is 0 Å². The molecular formula is C23H28N2O3. The largest absolute Gasteiger partial charge is 0.484 e. The summed E-state index contributed by atoms with van der Waals surface area (Å²) in [5, 5.41) is 0. The average molecular weight is 380 g/mol. The zero-order chi connectivity index (χ0) is 20.1. The van der Waals surface area contributed by atoms with Crippen LogP contribution in [0.15, 0.2) is 42.5 Å². The Kier molecular flexibility index (Phi) is 6.34. The number of ether oxygens (including phenoxy) is 1. The molecule has 1 aliphatic rings. The van der Waals surface area contributed by atoms with E-state index in [2.05, 4.69) is 0 Å². The standard InChI is InChI=1S/C23H28N2O3/c1-17-5-8-20(9-6-17)23(27)25-12-4-11-24(13-14-25)22(26)16-28-21-10-7-18(2)19(3)15-21/h5-10,15H,4,11-14,16H2,1-3H3. The summed E-state index contributed by atoms with van der Waals surface area (Å²) >= 11 is 0. The quantitative estimate of drug-likeness (QED) is 0.817. The number of carbonyl (C=O) groups is 2. The Labute approximate surface area is 166 Å². The Morgan fingerprint density at radius 1 is 0.857 bits per heavy atom. The van der Waals surface area contributed by atoms with E-state index in [0.717, 1.165) is 17.5 Å². The van der Waals surface area contributed by atoms with Crippen LogP contribution in [0, 0.1) is 20.8 Å². The lowest BCUT2D eigenvalue weighted by atomic mass is 10.1. The molecule has 1 aliphatic heterocycles. The van der Waals surface area contributed by atoms with E-state index in [-0.39, 0.29) is 18.4 Å². The van der Waals surface area contributed by atoms with Gasteiger partial charge in [0.25, 0.3) is 11.8 Å². The first-order chi connectivity index (χ1) is 13.4. The number of aryl methyl sites for hydroxylation is 3. The molecule has 0 aromatic heterocycles. The molecule has 1 fully saturated rings. The molecule has 0 aliphatic carbocycles. The second-order valence-electron chi connectivity index (χ2n) is 7.43. The van der Waals surface area contributed by atoms with E-state index in [1.54, 1.807) is 4.90 Å². The zero-order valence-electron chi connectivity index (χ0n) is 16.9. The Hall–Kier alpha value is -2.82. The maximum Gasteiger partial charge on any atom is 0.260 e. The average Bonchev–Trinajstić information content (AvgIpc) is 2.95. The third-order valence-electron chi connectivity index (χ3n) is 5.28. The van der Waals surface area contributed by atoms with Crippen LogP contribution in [-0.2, 0) is 4.79 Å². The predicted molar refractivity (Wildman–Crippen MR) is 110 cm³/mol. The molecule has 2 aromatic rings. The van der Waals surface area contributed by atoms with Crippen molar-refractivity contribution in [3.63, 3.8) is 0 Å². The number of carbonyl (C=O) groups excluding carboxylic acids is 2. The van der Waals surface area contributed by atoms with Crippen LogP contribution in [0.5, 0.6) is 5.75 Å². The number of rotatable bonds is 4. The molecule has 0 bridgehead atoms. The Morgan fingerprint density at radius 2 is 1.54 bits per heavy atom. The summed E-state index contributed by atoms with van der Waals surface area (Å²) in [5.41, 5.74) is 4.17. The van der Waals surface area contributed by atoms with Crippen LogP contribution in [0.4, 0.5) is 0 Å². The number of amides is 2. The van der Waals surface area contributed by atoms with Crippen molar-refractivity contribution in [3.8, 4) is 5.75 Å². The molecule has 0 N–H and O–H groups in total. The third-order valence-corrected chi connectivity index (χ3v) is 5.28. The summed E-state index contributed by atoms with van der Waals surface area (Å²) in [7, 11) is 0. The van der Waals surface area contributed by atoms with Crippen LogP contribution in [-0.4, -0.2) is 54.4 Å². The smallest absolute Gasteiger partial charge is 0.260 e. The highest BCUT2D eigenvalue weighted by molar-refractivity contribution is 5.94. The van der Waals surface area contributed by atoms with Crippen molar-refractivity contribution in [2.75, 3.05) is 32.8 Å². The van der Waals surface area contributed by atoms with Crippen molar-refractivity contribution < 1.29 is 14.3 Å². The van der Waals surface area contributed by atoms with Crippen molar-refractivity contribution in [3.05, 3.63) is 64.7 Å². The number of hydrogen-bond acceptors (Lipinski definition) is 3. The van der Waals surface area contributed by atoms with Gasteiger partial charge in [-0.3, -0.25) is 9.59 Å². The van der Waals surface area contributed by atoms with E-state index in [4.69, 9.17) is 4.74 Å². The minimum Gasteiger partial charge on any atom is -0.484 e. The molecule has 0 unspecified atom stereocenters. The van der Waals surface area contributed by atoms with E-state index >= 15 is 0 Å². The summed E-state index contributed by atoms with van der Waals surface area (Å²) in [6, 6.07) is 13.5. The fourth-order valence-corrected chi connectivity index (χ4v) is 3.29. The van der Waals surface area contributed by atoms with Crippen LogP contribution < -0.4 is 4.74 Å². The van der Waals surface area contributed by atoms with Gasteiger partial charge in [-0.05, 0) is 62.6 Å². The number of benzene rings is 2. The summed E-state index contributed by atoms with van der Waals surface area (Å²) in [4.78, 5) is 28.9. The fourth-order valence-electron chi connectivity index (χ4n) is 3.29. The summed E-state index contributed by atoms with van der Waals surface area (Å²) < 4.78 is 5.68. The Bertz CT molecular complexity index is 845. The summed E-state index contributed by atoms with van der Waals surface area (Å²) in [6.45, 7) is 8.48. The molecule has 0 saturated carbocycles.